The summed E-state index contributed by atoms with van der Waals surface area (Å²) in [5.74, 6) is 0.137. The van der Waals surface area contributed by atoms with Crippen LogP contribution in [0, 0.1) is 5.82 Å². The highest BCUT2D eigenvalue weighted by molar-refractivity contribution is 9.10. The Kier molecular flexibility index (Phi) is 5.37. The number of sulfonamides is 1. The predicted octanol–water partition coefficient (Wildman–Crippen LogP) is 3.40. The fraction of sp³-hybridized carbons (Fsp3) is 0.231. The zero-order chi connectivity index (χ0) is 15.5. The maximum atomic E-state index is 12.8. The maximum Gasteiger partial charge on any atom is 0.251 e. The highest BCUT2D eigenvalue weighted by Gasteiger charge is 2.21. The lowest BCUT2D eigenvalue weighted by atomic mass is 10.3. The molecule has 0 aliphatic heterocycles. The summed E-state index contributed by atoms with van der Waals surface area (Å²) in [6, 6.07) is 6.81. The van der Waals surface area contributed by atoms with Crippen LogP contribution in [-0.4, -0.2) is 21.1 Å². The van der Waals surface area contributed by atoms with Crippen LogP contribution < -0.4 is 9.46 Å². The first-order chi connectivity index (χ1) is 9.88. The summed E-state index contributed by atoms with van der Waals surface area (Å²) in [5, 5.41) is 1.69. The van der Waals surface area contributed by atoms with Gasteiger partial charge in [-0.15, -0.1) is 11.3 Å². The van der Waals surface area contributed by atoms with Gasteiger partial charge in [0, 0.05) is 4.47 Å². The Bertz CT molecular complexity index is 700. The van der Waals surface area contributed by atoms with E-state index in [0.29, 0.717) is 10.2 Å². The van der Waals surface area contributed by atoms with E-state index >= 15 is 0 Å². The zero-order valence-electron chi connectivity index (χ0n) is 11.0. The van der Waals surface area contributed by atoms with Gasteiger partial charge in [0.15, 0.2) is 0 Å². The van der Waals surface area contributed by atoms with E-state index in [0.717, 1.165) is 11.3 Å². The van der Waals surface area contributed by atoms with E-state index in [1.165, 1.54) is 24.3 Å². The van der Waals surface area contributed by atoms with Crippen molar-refractivity contribution in [1.82, 2.24) is 4.72 Å². The van der Waals surface area contributed by atoms with Crippen molar-refractivity contribution in [2.24, 2.45) is 0 Å². The molecule has 21 heavy (non-hydrogen) atoms. The molecule has 2 rings (SSSR count). The molecular weight excluding hydrogens is 381 g/mol. The molecule has 8 heteroatoms. The molecule has 1 unspecified atom stereocenters. The van der Waals surface area contributed by atoms with Gasteiger partial charge in [0.2, 0.25) is 0 Å². The van der Waals surface area contributed by atoms with Crippen LogP contribution >= 0.6 is 27.3 Å². The van der Waals surface area contributed by atoms with E-state index in [2.05, 4.69) is 20.7 Å². The number of benzene rings is 1. The second-order valence-electron chi connectivity index (χ2n) is 4.34. The first-order valence-corrected chi connectivity index (χ1v) is 9.18. The van der Waals surface area contributed by atoms with Crippen molar-refractivity contribution >= 4 is 37.3 Å². The molecule has 0 saturated heterocycles. The van der Waals surface area contributed by atoms with Crippen molar-refractivity contribution in [2.75, 3.05) is 6.61 Å². The zero-order valence-corrected chi connectivity index (χ0v) is 14.3. The van der Waals surface area contributed by atoms with Crippen molar-refractivity contribution in [3.05, 3.63) is 46.0 Å². The monoisotopic (exact) mass is 393 g/mol. The number of hydrogen-bond donors (Lipinski definition) is 1. The van der Waals surface area contributed by atoms with Gasteiger partial charge in [-0.3, -0.25) is 0 Å². The lowest BCUT2D eigenvalue weighted by molar-refractivity contribution is 0.287. The molecule has 1 N–H and O–H groups in total. The Morgan fingerprint density at radius 2 is 2.00 bits per heavy atom. The summed E-state index contributed by atoms with van der Waals surface area (Å²) in [5.41, 5.74) is 0. The lowest BCUT2D eigenvalue weighted by Gasteiger charge is -2.14. The fourth-order valence-electron chi connectivity index (χ4n) is 1.58. The minimum atomic E-state index is -3.58. The van der Waals surface area contributed by atoms with E-state index < -0.39 is 16.1 Å². The summed E-state index contributed by atoms with van der Waals surface area (Å²) < 4.78 is 45.8. The molecular formula is C13H13BrFNO3S2. The van der Waals surface area contributed by atoms with Crippen LogP contribution in [0.25, 0.3) is 0 Å². The molecule has 0 fully saturated rings. The number of nitrogens with one attached hydrogen (secondary N) is 1. The summed E-state index contributed by atoms with van der Waals surface area (Å²) in [4.78, 5) is 0. The number of hydrogen-bond acceptors (Lipinski definition) is 4. The minimum absolute atomic E-state index is 0.147. The van der Waals surface area contributed by atoms with Crippen LogP contribution in [0.3, 0.4) is 0 Å². The molecule has 0 aliphatic rings. The molecule has 0 amide bonds. The molecule has 0 saturated carbocycles. The van der Waals surface area contributed by atoms with Crippen molar-refractivity contribution in [2.45, 2.75) is 17.2 Å². The van der Waals surface area contributed by atoms with Gasteiger partial charge in [0.25, 0.3) is 10.0 Å². The van der Waals surface area contributed by atoms with E-state index in [4.69, 9.17) is 4.74 Å². The smallest absolute Gasteiger partial charge is 0.251 e. The Balaban J connectivity index is 1.94. The fourth-order valence-corrected chi connectivity index (χ4v) is 5.16. The van der Waals surface area contributed by atoms with Crippen LogP contribution in [-0.2, 0) is 10.0 Å². The number of thiophene rings is 1. The Hall–Kier alpha value is -0.960. The van der Waals surface area contributed by atoms with E-state index in [-0.39, 0.29) is 16.6 Å². The maximum absolute atomic E-state index is 12.8. The molecule has 0 radical (unpaired) electrons. The van der Waals surface area contributed by atoms with Crippen LogP contribution in [0.5, 0.6) is 5.75 Å². The number of halogens is 2. The van der Waals surface area contributed by atoms with Crippen molar-refractivity contribution in [3.63, 3.8) is 0 Å². The number of ether oxygens (including phenoxy) is 1. The quantitative estimate of drug-likeness (QED) is 0.817. The minimum Gasteiger partial charge on any atom is -0.492 e. The molecule has 114 valence electrons. The van der Waals surface area contributed by atoms with Crippen LogP contribution in [0.15, 0.2) is 44.4 Å². The van der Waals surface area contributed by atoms with E-state index in [1.54, 1.807) is 18.4 Å². The highest BCUT2D eigenvalue weighted by Crippen LogP contribution is 2.27. The summed E-state index contributed by atoms with van der Waals surface area (Å²) >= 11 is 4.33. The van der Waals surface area contributed by atoms with Crippen molar-refractivity contribution in [3.8, 4) is 5.75 Å². The second kappa shape index (κ2) is 6.87. The second-order valence-corrected chi connectivity index (χ2v) is 8.02. The van der Waals surface area contributed by atoms with E-state index in [1.807, 2.05) is 0 Å². The van der Waals surface area contributed by atoms with Gasteiger partial charge in [-0.25, -0.2) is 17.5 Å². The summed E-state index contributed by atoms with van der Waals surface area (Å²) in [6.45, 7) is 1.84. The van der Waals surface area contributed by atoms with Gasteiger partial charge in [-0.05, 0) is 58.6 Å². The van der Waals surface area contributed by atoms with Crippen LogP contribution in [0.1, 0.15) is 6.92 Å². The normalized spacial score (nSPS) is 13.1. The summed E-state index contributed by atoms with van der Waals surface area (Å²) in [6.07, 6.45) is 0. The average Bonchev–Trinajstić information content (AvgIpc) is 2.85. The first kappa shape index (κ1) is 16.4. The highest BCUT2D eigenvalue weighted by atomic mass is 79.9. The summed E-state index contributed by atoms with van der Waals surface area (Å²) in [7, 11) is -3.58. The molecule has 0 aliphatic carbocycles. The molecule has 1 heterocycles. The van der Waals surface area contributed by atoms with Crippen LogP contribution in [0.2, 0.25) is 0 Å². The Morgan fingerprint density at radius 3 is 2.57 bits per heavy atom. The molecule has 1 aromatic heterocycles. The third kappa shape index (κ3) is 4.50. The molecule has 0 bridgehead atoms. The van der Waals surface area contributed by atoms with Crippen molar-refractivity contribution in [1.29, 1.82) is 0 Å². The van der Waals surface area contributed by atoms with Crippen LogP contribution in [0.4, 0.5) is 4.39 Å². The third-order valence-electron chi connectivity index (χ3n) is 2.50. The van der Waals surface area contributed by atoms with E-state index in [9.17, 15) is 12.8 Å². The molecule has 2 aromatic rings. The van der Waals surface area contributed by atoms with Crippen molar-refractivity contribution < 1.29 is 17.5 Å². The third-order valence-corrected chi connectivity index (χ3v) is 6.76. The standard InChI is InChI=1S/C13H13BrFNO3S2/c1-9(8-19-11-4-2-10(15)3-5-11)16-21(17,18)13-12(14)6-7-20-13/h2-7,9,16H,8H2,1H3. The topological polar surface area (TPSA) is 55.4 Å². The average molecular weight is 394 g/mol. The lowest BCUT2D eigenvalue weighted by Crippen LogP contribution is -2.36. The Labute approximate surface area is 135 Å². The van der Waals surface area contributed by atoms with Gasteiger partial charge < -0.3 is 4.74 Å². The van der Waals surface area contributed by atoms with Gasteiger partial charge in [0.05, 0.1) is 6.04 Å². The van der Waals surface area contributed by atoms with Gasteiger partial charge in [-0.1, -0.05) is 0 Å². The Morgan fingerprint density at radius 1 is 1.33 bits per heavy atom. The predicted molar refractivity (Wildman–Crippen MR) is 83.7 cm³/mol. The SMILES string of the molecule is CC(COc1ccc(F)cc1)NS(=O)(=O)c1sccc1Br. The number of rotatable bonds is 6. The van der Waals surface area contributed by atoms with Gasteiger partial charge in [-0.2, -0.15) is 0 Å². The molecule has 1 atom stereocenters. The largest absolute Gasteiger partial charge is 0.492 e. The first-order valence-electron chi connectivity index (χ1n) is 6.02. The molecule has 4 nitrogen and oxygen atoms in total. The van der Waals surface area contributed by atoms with Gasteiger partial charge in [0.1, 0.15) is 22.4 Å². The molecule has 1 aromatic carbocycles. The molecule has 0 spiro atoms. The van der Waals surface area contributed by atoms with Gasteiger partial charge >= 0.3 is 0 Å².